The minimum absolute atomic E-state index is 0.0281. The first-order chi connectivity index (χ1) is 12.5. The fraction of sp³-hybridized carbons (Fsp3) is 0.200. The lowest BCUT2D eigenvalue weighted by Gasteiger charge is -2.07. The summed E-state index contributed by atoms with van der Waals surface area (Å²) in [4.78, 5) is 25.4. The van der Waals surface area contributed by atoms with Gasteiger partial charge >= 0.3 is 0 Å². The van der Waals surface area contributed by atoms with Gasteiger partial charge in [-0.1, -0.05) is 18.2 Å². The van der Waals surface area contributed by atoms with E-state index in [4.69, 9.17) is 4.42 Å². The van der Waals surface area contributed by atoms with Gasteiger partial charge in [0.05, 0.1) is 18.5 Å². The number of thiophene rings is 1. The molecule has 0 bridgehead atoms. The van der Waals surface area contributed by atoms with E-state index in [2.05, 4.69) is 10.6 Å². The quantitative estimate of drug-likeness (QED) is 0.689. The molecule has 0 spiro atoms. The molecule has 0 fully saturated rings. The topological polar surface area (TPSA) is 71.3 Å². The maximum Gasteiger partial charge on any atom is 0.259 e. The monoisotopic (exact) mass is 368 g/mol. The van der Waals surface area contributed by atoms with E-state index in [1.165, 1.54) is 0 Å². The van der Waals surface area contributed by atoms with E-state index in [1.807, 2.05) is 36.6 Å². The molecular weight excluding hydrogens is 348 g/mol. The molecule has 0 saturated carbocycles. The van der Waals surface area contributed by atoms with Crippen molar-refractivity contribution in [2.75, 3.05) is 5.32 Å². The highest BCUT2D eigenvalue weighted by atomic mass is 32.1. The van der Waals surface area contributed by atoms with Crippen molar-refractivity contribution in [2.45, 2.75) is 26.8 Å². The summed E-state index contributed by atoms with van der Waals surface area (Å²) in [5.41, 5.74) is 2.09. The molecule has 0 aliphatic heterocycles. The highest BCUT2D eigenvalue weighted by Crippen LogP contribution is 2.17. The van der Waals surface area contributed by atoms with Crippen LogP contribution in [0, 0.1) is 13.8 Å². The number of rotatable bonds is 6. The molecule has 26 heavy (non-hydrogen) atoms. The molecule has 0 aliphatic carbocycles. The lowest BCUT2D eigenvalue weighted by Crippen LogP contribution is -2.24. The first-order valence-electron chi connectivity index (χ1n) is 8.27. The third-order valence-electron chi connectivity index (χ3n) is 3.90. The second-order valence-electron chi connectivity index (χ2n) is 6.01. The van der Waals surface area contributed by atoms with Gasteiger partial charge in [-0.05, 0) is 49.1 Å². The maximum atomic E-state index is 12.3. The summed E-state index contributed by atoms with van der Waals surface area (Å²) >= 11 is 1.62. The van der Waals surface area contributed by atoms with Crippen LogP contribution in [0.4, 0.5) is 5.69 Å². The van der Waals surface area contributed by atoms with Gasteiger partial charge in [-0.2, -0.15) is 0 Å². The first kappa shape index (κ1) is 17.9. The van der Waals surface area contributed by atoms with Crippen LogP contribution in [-0.2, 0) is 17.8 Å². The van der Waals surface area contributed by atoms with E-state index in [-0.39, 0.29) is 11.8 Å². The van der Waals surface area contributed by atoms with Crippen molar-refractivity contribution < 1.29 is 14.0 Å². The Morgan fingerprint density at radius 2 is 1.88 bits per heavy atom. The van der Waals surface area contributed by atoms with Crippen LogP contribution in [-0.4, -0.2) is 11.8 Å². The Morgan fingerprint density at radius 1 is 1.12 bits per heavy atom. The molecule has 0 atom stereocenters. The molecule has 0 saturated heterocycles. The Hall–Kier alpha value is -2.86. The third kappa shape index (κ3) is 4.61. The number of benzene rings is 1. The number of carbonyl (C=O) groups is 2. The van der Waals surface area contributed by atoms with Gasteiger partial charge in [0, 0.05) is 10.6 Å². The second-order valence-corrected chi connectivity index (χ2v) is 7.04. The first-order valence-corrected chi connectivity index (χ1v) is 9.15. The minimum atomic E-state index is -0.208. The number of amides is 2. The summed E-state index contributed by atoms with van der Waals surface area (Å²) in [6, 6.07) is 12.9. The van der Waals surface area contributed by atoms with E-state index < -0.39 is 0 Å². The van der Waals surface area contributed by atoms with Gasteiger partial charge in [0.15, 0.2) is 0 Å². The number of furan rings is 1. The summed E-state index contributed by atoms with van der Waals surface area (Å²) in [5, 5.41) is 7.73. The number of hydrogen-bond acceptors (Lipinski definition) is 4. The molecule has 2 aromatic heterocycles. The standard InChI is InChI=1S/C20H20N2O3S/c1-13-10-18(14(2)25-13)20(24)22-16-7-5-15(6-8-16)11-19(23)21-12-17-4-3-9-26-17/h3-10H,11-12H2,1-2H3,(H,21,23)(H,22,24). The van der Waals surface area contributed by atoms with E-state index in [0.29, 0.717) is 35.7 Å². The third-order valence-corrected chi connectivity index (χ3v) is 4.78. The van der Waals surface area contributed by atoms with E-state index >= 15 is 0 Å². The van der Waals surface area contributed by atoms with Gasteiger partial charge in [0.2, 0.25) is 5.91 Å². The van der Waals surface area contributed by atoms with Crippen molar-refractivity contribution in [2.24, 2.45) is 0 Å². The van der Waals surface area contributed by atoms with Crippen LogP contribution in [0.1, 0.15) is 32.3 Å². The zero-order chi connectivity index (χ0) is 18.5. The van der Waals surface area contributed by atoms with Gasteiger partial charge in [0.25, 0.3) is 5.91 Å². The minimum Gasteiger partial charge on any atom is -0.466 e. The van der Waals surface area contributed by atoms with Crippen molar-refractivity contribution >= 4 is 28.8 Å². The molecule has 3 rings (SSSR count). The lowest BCUT2D eigenvalue weighted by atomic mass is 10.1. The highest BCUT2D eigenvalue weighted by molar-refractivity contribution is 7.09. The SMILES string of the molecule is Cc1cc(C(=O)Nc2ccc(CC(=O)NCc3cccs3)cc2)c(C)o1. The number of hydrogen-bond donors (Lipinski definition) is 2. The van der Waals surface area contributed by atoms with Gasteiger partial charge < -0.3 is 15.1 Å². The average Bonchev–Trinajstić information content (AvgIpc) is 3.24. The van der Waals surface area contributed by atoms with Crippen molar-refractivity contribution in [1.82, 2.24) is 5.32 Å². The summed E-state index contributed by atoms with van der Waals surface area (Å²) in [5.74, 6) is 1.07. The maximum absolute atomic E-state index is 12.3. The molecular formula is C20H20N2O3S. The molecule has 134 valence electrons. The van der Waals surface area contributed by atoms with Crippen LogP contribution in [0.3, 0.4) is 0 Å². The fourth-order valence-electron chi connectivity index (χ4n) is 2.61. The van der Waals surface area contributed by atoms with E-state index in [9.17, 15) is 9.59 Å². The van der Waals surface area contributed by atoms with Crippen LogP contribution in [0.15, 0.2) is 52.3 Å². The van der Waals surface area contributed by atoms with Crippen LogP contribution in [0.5, 0.6) is 0 Å². The van der Waals surface area contributed by atoms with Crippen molar-refractivity contribution in [3.8, 4) is 0 Å². The molecule has 3 aromatic rings. The van der Waals surface area contributed by atoms with Gasteiger partial charge in [-0.25, -0.2) is 0 Å². The average molecular weight is 368 g/mol. The fourth-order valence-corrected chi connectivity index (χ4v) is 3.25. The number of anilines is 1. The summed E-state index contributed by atoms with van der Waals surface area (Å²) < 4.78 is 5.38. The molecule has 1 aromatic carbocycles. The summed E-state index contributed by atoms with van der Waals surface area (Å²) in [6.07, 6.45) is 0.305. The van der Waals surface area contributed by atoms with Gasteiger partial charge in [-0.15, -0.1) is 11.3 Å². The van der Waals surface area contributed by atoms with Crippen LogP contribution < -0.4 is 10.6 Å². The molecule has 2 heterocycles. The van der Waals surface area contributed by atoms with Crippen LogP contribution in [0.25, 0.3) is 0 Å². The zero-order valence-corrected chi connectivity index (χ0v) is 15.5. The Kier molecular flexibility index (Phi) is 5.53. The normalized spacial score (nSPS) is 10.5. The van der Waals surface area contributed by atoms with Gasteiger partial charge in [0.1, 0.15) is 11.5 Å². The second kappa shape index (κ2) is 8.01. The van der Waals surface area contributed by atoms with Crippen molar-refractivity contribution in [3.63, 3.8) is 0 Å². The number of nitrogens with one attached hydrogen (secondary N) is 2. The predicted octanol–water partition coefficient (Wildman–Crippen LogP) is 4.07. The van der Waals surface area contributed by atoms with Crippen molar-refractivity contribution in [3.05, 3.63) is 75.4 Å². The van der Waals surface area contributed by atoms with Crippen LogP contribution >= 0.6 is 11.3 Å². The van der Waals surface area contributed by atoms with Crippen LogP contribution in [0.2, 0.25) is 0 Å². The molecule has 0 aliphatic rings. The predicted molar refractivity (Wildman–Crippen MR) is 102 cm³/mol. The molecule has 0 unspecified atom stereocenters. The summed E-state index contributed by atoms with van der Waals surface area (Å²) in [7, 11) is 0. The van der Waals surface area contributed by atoms with E-state index in [0.717, 1.165) is 10.4 Å². The Morgan fingerprint density at radius 3 is 2.50 bits per heavy atom. The molecule has 2 N–H and O–H groups in total. The molecule has 6 heteroatoms. The van der Waals surface area contributed by atoms with Crippen molar-refractivity contribution in [1.29, 1.82) is 0 Å². The zero-order valence-electron chi connectivity index (χ0n) is 14.7. The number of carbonyl (C=O) groups excluding carboxylic acids is 2. The smallest absolute Gasteiger partial charge is 0.259 e. The number of aryl methyl sites for hydroxylation is 2. The lowest BCUT2D eigenvalue weighted by molar-refractivity contribution is -0.120. The molecule has 2 amide bonds. The largest absolute Gasteiger partial charge is 0.466 e. The Balaban J connectivity index is 1.53. The van der Waals surface area contributed by atoms with Gasteiger partial charge in [-0.3, -0.25) is 9.59 Å². The van der Waals surface area contributed by atoms with E-state index in [1.54, 1.807) is 36.5 Å². The Labute approximate surface area is 156 Å². The highest BCUT2D eigenvalue weighted by Gasteiger charge is 2.13. The molecule has 0 radical (unpaired) electrons. The Bertz CT molecular complexity index is 896. The summed E-state index contributed by atoms with van der Waals surface area (Å²) in [6.45, 7) is 4.12. The molecule has 5 nitrogen and oxygen atoms in total.